The van der Waals surface area contributed by atoms with Crippen molar-refractivity contribution in [3.05, 3.63) is 29.3 Å². The fourth-order valence-electron chi connectivity index (χ4n) is 5.26. The fourth-order valence-corrected chi connectivity index (χ4v) is 5.26. The normalized spacial score (nSPS) is 32.0. The Kier molecular flexibility index (Phi) is 2.65. The Morgan fingerprint density at radius 1 is 0.947 bits per heavy atom. The van der Waals surface area contributed by atoms with Crippen molar-refractivity contribution >= 4 is 0 Å². The van der Waals surface area contributed by atoms with Crippen LogP contribution in [0.25, 0.3) is 0 Å². The third-order valence-electron chi connectivity index (χ3n) is 6.30. The zero-order valence-electron chi connectivity index (χ0n) is 11.7. The summed E-state index contributed by atoms with van der Waals surface area (Å²) < 4.78 is 0. The summed E-state index contributed by atoms with van der Waals surface area (Å²) >= 11 is 0. The van der Waals surface area contributed by atoms with Gasteiger partial charge in [0, 0.05) is 0 Å². The summed E-state index contributed by atoms with van der Waals surface area (Å²) in [6.45, 7) is 0. The lowest BCUT2D eigenvalue weighted by Gasteiger charge is -2.49. The lowest BCUT2D eigenvalue weighted by Crippen LogP contribution is -2.40. The van der Waals surface area contributed by atoms with E-state index in [1.54, 1.807) is 5.56 Å². The first-order valence-electron chi connectivity index (χ1n) is 8.13. The van der Waals surface area contributed by atoms with Crippen molar-refractivity contribution < 1.29 is 5.11 Å². The standard InChI is InChI=1S/C18H24O/c19-17-9-8-15-12-16(17)13-4-6-14(7-5-13)18(15)10-2-1-3-11-18/h8-9,12-14,19H,1-7,10-11H2. The predicted molar refractivity (Wildman–Crippen MR) is 77.6 cm³/mol. The highest BCUT2D eigenvalue weighted by Crippen LogP contribution is 2.55. The molecule has 2 saturated carbocycles. The highest BCUT2D eigenvalue weighted by atomic mass is 16.3. The van der Waals surface area contributed by atoms with E-state index in [0.29, 0.717) is 17.1 Å². The molecule has 1 heteroatoms. The van der Waals surface area contributed by atoms with Gasteiger partial charge in [0.15, 0.2) is 0 Å². The van der Waals surface area contributed by atoms with Gasteiger partial charge in [0.05, 0.1) is 0 Å². The molecule has 0 unspecified atom stereocenters. The van der Waals surface area contributed by atoms with Gasteiger partial charge in [-0.1, -0.05) is 31.4 Å². The fraction of sp³-hybridized carbons (Fsp3) is 0.667. The summed E-state index contributed by atoms with van der Waals surface area (Å²) in [7, 11) is 0. The first-order chi connectivity index (χ1) is 9.29. The molecule has 4 bridgehead atoms. The summed E-state index contributed by atoms with van der Waals surface area (Å²) in [5.41, 5.74) is 3.25. The third-order valence-corrected chi connectivity index (χ3v) is 6.30. The average molecular weight is 256 g/mol. The average Bonchev–Trinajstić information content (AvgIpc) is 2.47. The molecule has 1 aromatic rings. The van der Waals surface area contributed by atoms with Crippen LogP contribution in [0.4, 0.5) is 0 Å². The van der Waals surface area contributed by atoms with Crippen LogP contribution >= 0.6 is 0 Å². The number of rotatable bonds is 0. The van der Waals surface area contributed by atoms with Crippen molar-refractivity contribution in [1.29, 1.82) is 0 Å². The van der Waals surface area contributed by atoms with E-state index in [2.05, 4.69) is 12.1 Å². The van der Waals surface area contributed by atoms with Crippen LogP contribution in [0.5, 0.6) is 5.75 Å². The molecular formula is C18H24O. The van der Waals surface area contributed by atoms with Crippen LogP contribution in [-0.4, -0.2) is 5.11 Å². The van der Waals surface area contributed by atoms with E-state index in [4.69, 9.17) is 0 Å². The molecule has 0 aromatic heterocycles. The summed E-state index contributed by atoms with van der Waals surface area (Å²) in [5, 5.41) is 10.2. The van der Waals surface area contributed by atoms with Crippen LogP contribution in [0.3, 0.4) is 0 Å². The summed E-state index contributed by atoms with van der Waals surface area (Å²) in [6, 6.07) is 6.57. The van der Waals surface area contributed by atoms with Crippen LogP contribution in [0, 0.1) is 5.92 Å². The number of aromatic hydroxyl groups is 1. The minimum absolute atomic E-state index is 0.450. The summed E-state index contributed by atoms with van der Waals surface area (Å²) in [6.07, 6.45) is 12.3. The summed E-state index contributed by atoms with van der Waals surface area (Å²) in [5.74, 6) is 2.07. The van der Waals surface area contributed by atoms with E-state index in [1.807, 2.05) is 6.07 Å². The number of phenolic OH excluding ortho intramolecular Hbond substituents is 1. The molecule has 0 amide bonds. The molecule has 1 spiro atoms. The van der Waals surface area contributed by atoms with Crippen LogP contribution < -0.4 is 0 Å². The highest BCUT2D eigenvalue weighted by molar-refractivity contribution is 5.43. The number of phenols is 1. The SMILES string of the molecule is Oc1ccc2cc1C1CCC(CC1)C21CCCCC1. The van der Waals surface area contributed by atoms with Gasteiger partial charge in [0.1, 0.15) is 5.75 Å². The van der Waals surface area contributed by atoms with Gasteiger partial charge in [-0.05, 0) is 73.0 Å². The van der Waals surface area contributed by atoms with E-state index in [9.17, 15) is 5.11 Å². The van der Waals surface area contributed by atoms with Gasteiger partial charge < -0.3 is 5.11 Å². The molecule has 0 radical (unpaired) electrons. The van der Waals surface area contributed by atoms with Gasteiger partial charge in [-0.3, -0.25) is 0 Å². The molecule has 0 aliphatic heterocycles. The molecular weight excluding hydrogens is 232 g/mol. The zero-order chi connectivity index (χ0) is 12.9. The zero-order valence-corrected chi connectivity index (χ0v) is 11.7. The minimum Gasteiger partial charge on any atom is -0.508 e. The Hall–Kier alpha value is -0.980. The molecule has 1 nitrogen and oxygen atoms in total. The Labute approximate surface area is 116 Å². The first-order valence-corrected chi connectivity index (χ1v) is 8.13. The molecule has 1 aromatic carbocycles. The maximum Gasteiger partial charge on any atom is 0.119 e. The quantitative estimate of drug-likeness (QED) is 0.701. The Morgan fingerprint density at radius 3 is 2.42 bits per heavy atom. The van der Waals surface area contributed by atoms with E-state index >= 15 is 0 Å². The van der Waals surface area contributed by atoms with E-state index < -0.39 is 0 Å². The molecule has 19 heavy (non-hydrogen) atoms. The van der Waals surface area contributed by atoms with E-state index in [1.165, 1.54) is 63.4 Å². The second-order valence-electron chi connectivity index (χ2n) is 7.04. The first kappa shape index (κ1) is 11.8. The third kappa shape index (κ3) is 1.67. The van der Waals surface area contributed by atoms with Gasteiger partial charge in [-0.25, -0.2) is 0 Å². The molecule has 4 aliphatic carbocycles. The number of benzene rings is 1. The van der Waals surface area contributed by atoms with E-state index in [-0.39, 0.29) is 0 Å². The lowest BCUT2D eigenvalue weighted by atomic mass is 9.55. The van der Waals surface area contributed by atoms with Crippen molar-refractivity contribution in [1.82, 2.24) is 0 Å². The second kappa shape index (κ2) is 4.26. The van der Waals surface area contributed by atoms with Crippen molar-refractivity contribution in [2.45, 2.75) is 69.1 Å². The van der Waals surface area contributed by atoms with Gasteiger partial charge in [-0.15, -0.1) is 0 Å². The van der Waals surface area contributed by atoms with Gasteiger partial charge >= 0.3 is 0 Å². The molecule has 5 rings (SSSR count). The molecule has 0 atom stereocenters. The second-order valence-corrected chi connectivity index (χ2v) is 7.04. The van der Waals surface area contributed by atoms with E-state index in [0.717, 1.165) is 5.92 Å². The minimum atomic E-state index is 0.450. The summed E-state index contributed by atoms with van der Waals surface area (Å²) in [4.78, 5) is 0. The maximum atomic E-state index is 10.2. The smallest absolute Gasteiger partial charge is 0.119 e. The number of hydrogen-bond donors (Lipinski definition) is 1. The maximum absolute atomic E-state index is 10.2. The number of fused-ring (bicyclic) bond motifs is 2. The van der Waals surface area contributed by atoms with Gasteiger partial charge in [0.25, 0.3) is 0 Å². The van der Waals surface area contributed by atoms with Gasteiger partial charge in [0.2, 0.25) is 0 Å². The predicted octanol–water partition coefficient (Wildman–Crippen LogP) is 4.88. The molecule has 102 valence electrons. The topological polar surface area (TPSA) is 20.2 Å². The van der Waals surface area contributed by atoms with Crippen LogP contribution in [0.1, 0.15) is 74.8 Å². The molecule has 1 N–H and O–H groups in total. The molecule has 2 fully saturated rings. The van der Waals surface area contributed by atoms with Crippen LogP contribution in [-0.2, 0) is 5.41 Å². The lowest BCUT2D eigenvalue weighted by molar-refractivity contribution is 0.135. The van der Waals surface area contributed by atoms with Crippen molar-refractivity contribution in [3.8, 4) is 5.75 Å². The van der Waals surface area contributed by atoms with Crippen LogP contribution in [0.15, 0.2) is 18.2 Å². The largest absolute Gasteiger partial charge is 0.508 e. The van der Waals surface area contributed by atoms with Crippen molar-refractivity contribution in [2.24, 2.45) is 5.92 Å². The Bertz CT molecular complexity index is 476. The van der Waals surface area contributed by atoms with Crippen molar-refractivity contribution in [3.63, 3.8) is 0 Å². The molecule has 0 saturated heterocycles. The highest BCUT2D eigenvalue weighted by Gasteiger charge is 2.44. The Balaban J connectivity index is 1.89. The monoisotopic (exact) mass is 256 g/mol. The van der Waals surface area contributed by atoms with Crippen LogP contribution in [0.2, 0.25) is 0 Å². The Morgan fingerprint density at radius 2 is 1.68 bits per heavy atom. The molecule has 4 aliphatic rings. The van der Waals surface area contributed by atoms with Crippen molar-refractivity contribution in [2.75, 3.05) is 0 Å². The van der Waals surface area contributed by atoms with Gasteiger partial charge in [-0.2, -0.15) is 0 Å². The molecule has 0 heterocycles. The number of hydrogen-bond acceptors (Lipinski definition) is 1.